The second kappa shape index (κ2) is 5.66. The van der Waals surface area contributed by atoms with Crippen molar-refractivity contribution in [3.8, 4) is 0 Å². The van der Waals surface area contributed by atoms with Gasteiger partial charge in [0.1, 0.15) is 11.6 Å². The number of nitrogens with zero attached hydrogens (tertiary/aromatic N) is 1. The van der Waals surface area contributed by atoms with Crippen LogP contribution in [0.2, 0.25) is 0 Å². The number of imide groups is 1. The molecule has 0 spiro atoms. The smallest absolute Gasteiger partial charge is 0.417 e. The molecule has 0 aromatic carbocycles. The topological polar surface area (TPSA) is 72.9 Å². The van der Waals surface area contributed by atoms with E-state index in [1.54, 1.807) is 20.8 Å². The molecule has 2 rings (SSSR count). The van der Waals surface area contributed by atoms with E-state index in [0.29, 0.717) is 12.3 Å². The first-order valence-electron chi connectivity index (χ1n) is 7.37. The van der Waals surface area contributed by atoms with Crippen molar-refractivity contribution in [2.24, 2.45) is 11.8 Å². The van der Waals surface area contributed by atoms with E-state index in [0.717, 1.165) is 24.2 Å². The van der Waals surface area contributed by atoms with Crippen LogP contribution in [0.25, 0.3) is 0 Å². The van der Waals surface area contributed by atoms with Crippen molar-refractivity contribution in [3.05, 3.63) is 0 Å². The predicted octanol–water partition coefficient (Wildman–Crippen LogP) is 2.11. The van der Waals surface area contributed by atoms with Gasteiger partial charge >= 0.3 is 12.1 Å². The molecule has 21 heavy (non-hydrogen) atoms. The summed E-state index contributed by atoms with van der Waals surface area (Å²) < 4.78 is 9.97. The Labute approximate surface area is 124 Å². The summed E-state index contributed by atoms with van der Waals surface area (Å²) in [7, 11) is 1.26. The van der Waals surface area contributed by atoms with Crippen molar-refractivity contribution < 1.29 is 23.9 Å². The van der Waals surface area contributed by atoms with Crippen LogP contribution in [-0.4, -0.2) is 41.6 Å². The Hall–Kier alpha value is -1.59. The molecule has 0 aromatic heterocycles. The van der Waals surface area contributed by atoms with Crippen molar-refractivity contribution in [1.82, 2.24) is 4.90 Å². The van der Waals surface area contributed by atoms with E-state index in [2.05, 4.69) is 0 Å². The van der Waals surface area contributed by atoms with Crippen LogP contribution in [0.4, 0.5) is 4.79 Å². The summed E-state index contributed by atoms with van der Waals surface area (Å²) >= 11 is 0. The fraction of sp³-hybridized carbons (Fsp3) is 0.800. The minimum atomic E-state index is -0.860. The zero-order valence-electron chi connectivity index (χ0n) is 13.0. The summed E-state index contributed by atoms with van der Waals surface area (Å²) in [6, 6.07) is -0.860. The molecule has 1 saturated carbocycles. The highest BCUT2D eigenvalue weighted by atomic mass is 16.6. The van der Waals surface area contributed by atoms with Crippen molar-refractivity contribution in [3.63, 3.8) is 0 Å². The van der Waals surface area contributed by atoms with Crippen molar-refractivity contribution >= 4 is 18.0 Å². The minimum absolute atomic E-state index is 0.283. The number of rotatable bonds is 3. The third kappa shape index (κ3) is 3.74. The van der Waals surface area contributed by atoms with Gasteiger partial charge in [-0.25, -0.2) is 14.5 Å². The van der Waals surface area contributed by atoms with Crippen LogP contribution in [0.15, 0.2) is 0 Å². The molecule has 0 N–H and O–H groups in total. The number of hydrogen-bond donors (Lipinski definition) is 0. The van der Waals surface area contributed by atoms with Gasteiger partial charge in [-0.15, -0.1) is 0 Å². The maximum Gasteiger partial charge on any atom is 0.417 e. The molecule has 0 radical (unpaired) electrons. The molecule has 6 nitrogen and oxygen atoms in total. The lowest BCUT2D eigenvalue weighted by Gasteiger charge is -2.26. The molecule has 1 aliphatic heterocycles. The Bertz CT molecular complexity index is 449. The highest BCUT2D eigenvalue weighted by molar-refractivity contribution is 6.00. The lowest BCUT2D eigenvalue weighted by molar-refractivity contribution is -0.148. The first-order valence-corrected chi connectivity index (χ1v) is 7.37. The average molecular weight is 297 g/mol. The largest absolute Gasteiger partial charge is 0.467 e. The molecular weight excluding hydrogens is 274 g/mol. The Morgan fingerprint density at radius 3 is 2.38 bits per heavy atom. The van der Waals surface area contributed by atoms with Crippen LogP contribution >= 0.6 is 0 Å². The molecule has 0 aromatic rings. The lowest BCUT2D eigenvalue weighted by Crippen LogP contribution is -2.46. The number of carbonyl (C=O) groups excluding carboxylic acids is 3. The first-order chi connectivity index (χ1) is 9.73. The minimum Gasteiger partial charge on any atom is -0.467 e. The standard InChI is InChI=1S/C15H23NO5/c1-15(2,3)21-14(19)16-11(13(18)20-4)8-10(12(16)17)7-9-5-6-9/h9-11H,5-8H2,1-4H3. The number of ether oxygens (including phenoxy) is 2. The number of methoxy groups -OCH3 is 1. The molecule has 1 saturated heterocycles. The van der Waals surface area contributed by atoms with E-state index in [4.69, 9.17) is 9.47 Å². The number of carbonyl (C=O) groups is 3. The molecule has 6 heteroatoms. The van der Waals surface area contributed by atoms with Crippen LogP contribution < -0.4 is 0 Å². The monoisotopic (exact) mass is 297 g/mol. The van der Waals surface area contributed by atoms with Gasteiger partial charge in [-0.2, -0.15) is 0 Å². The van der Waals surface area contributed by atoms with Crippen LogP contribution in [0.3, 0.4) is 0 Å². The maximum atomic E-state index is 12.4. The molecule has 2 atom stereocenters. The van der Waals surface area contributed by atoms with Crippen LogP contribution in [0.5, 0.6) is 0 Å². The Kier molecular flexibility index (Phi) is 4.25. The molecule has 2 aliphatic rings. The molecule has 0 bridgehead atoms. The summed E-state index contributed by atoms with van der Waals surface area (Å²) in [5, 5.41) is 0. The number of hydrogen-bond acceptors (Lipinski definition) is 5. The third-order valence-corrected chi connectivity index (χ3v) is 3.78. The van der Waals surface area contributed by atoms with E-state index in [1.807, 2.05) is 0 Å². The first kappa shape index (κ1) is 15.8. The number of likely N-dealkylation sites (tertiary alicyclic amines) is 1. The SMILES string of the molecule is COC(=O)C1CC(CC2CC2)C(=O)N1C(=O)OC(C)(C)C. The van der Waals surface area contributed by atoms with Gasteiger partial charge in [0, 0.05) is 5.92 Å². The van der Waals surface area contributed by atoms with Crippen molar-refractivity contribution in [2.45, 2.75) is 58.1 Å². The summed E-state index contributed by atoms with van der Waals surface area (Å²) in [4.78, 5) is 37.5. The third-order valence-electron chi connectivity index (χ3n) is 3.78. The molecular formula is C15H23NO5. The fourth-order valence-corrected chi connectivity index (χ4v) is 2.64. The molecule has 1 aliphatic carbocycles. The Morgan fingerprint density at radius 1 is 1.29 bits per heavy atom. The number of amides is 2. The van der Waals surface area contributed by atoms with E-state index in [9.17, 15) is 14.4 Å². The van der Waals surface area contributed by atoms with Crippen molar-refractivity contribution in [2.75, 3.05) is 7.11 Å². The molecule has 2 amide bonds. The average Bonchev–Trinajstić information content (AvgIpc) is 3.11. The van der Waals surface area contributed by atoms with Crippen LogP contribution in [0, 0.1) is 11.8 Å². The molecule has 2 unspecified atom stereocenters. The van der Waals surface area contributed by atoms with Crippen LogP contribution in [0.1, 0.15) is 46.5 Å². The highest BCUT2D eigenvalue weighted by Gasteiger charge is 2.49. The quantitative estimate of drug-likeness (QED) is 0.746. The van der Waals surface area contributed by atoms with Gasteiger partial charge in [-0.05, 0) is 39.5 Å². The zero-order valence-corrected chi connectivity index (χ0v) is 13.0. The summed E-state index contributed by atoms with van der Waals surface area (Å²) in [5.41, 5.74) is -0.716. The second-order valence-corrected chi connectivity index (χ2v) is 6.84. The fourth-order valence-electron chi connectivity index (χ4n) is 2.64. The van der Waals surface area contributed by atoms with E-state index in [1.165, 1.54) is 7.11 Å². The van der Waals surface area contributed by atoms with E-state index < -0.39 is 23.7 Å². The predicted molar refractivity (Wildman–Crippen MR) is 74.3 cm³/mol. The van der Waals surface area contributed by atoms with Gasteiger partial charge in [0.2, 0.25) is 5.91 Å². The van der Waals surface area contributed by atoms with Gasteiger partial charge in [-0.3, -0.25) is 4.79 Å². The molecule has 2 fully saturated rings. The van der Waals surface area contributed by atoms with E-state index >= 15 is 0 Å². The molecule has 1 heterocycles. The second-order valence-electron chi connectivity index (χ2n) is 6.84. The highest BCUT2D eigenvalue weighted by Crippen LogP contribution is 2.40. The van der Waals surface area contributed by atoms with Gasteiger partial charge in [0.25, 0.3) is 0 Å². The van der Waals surface area contributed by atoms with Gasteiger partial charge in [0.15, 0.2) is 0 Å². The summed E-state index contributed by atoms with van der Waals surface area (Å²) in [5.74, 6) is -0.607. The lowest BCUT2D eigenvalue weighted by atomic mass is 9.98. The van der Waals surface area contributed by atoms with E-state index in [-0.39, 0.29) is 11.8 Å². The normalized spacial score (nSPS) is 25.9. The van der Waals surface area contributed by atoms with Gasteiger partial charge in [-0.1, -0.05) is 12.8 Å². The van der Waals surface area contributed by atoms with Crippen LogP contribution in [-0.2, 0) is 19.1 Å². The van der Waals surface area contributed by atoms with Gasteiger partial charge < -0.3 is 9.47 Å². The Morgan fingerprint density at radius 2 is 1.90 bits per heavy atom. The zero-order chi connectivity index (χ0) is 15.8. The summed E-state index contributed by atoms with van der Waals surface area (Å²) in [6.45, 7) is 5.17. The molecule has 118 valence electrons. The maximum absolute atomic E-state index is 12.4. The Balaban J connectivity index is 2.14. The summed E-state index contributed by atoms with van der Waals surface area (Å²) in [6.07, 6.45) is 2.56. The number of esters is 1. The van der Waals surface area contributed by atoms with Crippen molar-refractivity contribution in [1.29, 1.82) is 0 Å². The van der Waals surface area contributed by atoms with Gasteiger partial charge in [0.05, 0.1) is 7.11 Å².